The van der Waals surface area contributed by atoms with Crippen LogP contribution in [-0.2, 0) is 6.42 Å². The van der Waals surface area contributed by atoms with E-state index in [9.17, 15) is 0 Å². The Balaban J connectivity index is 0.000000424. The molecule has 0 aliphatic carbocycles. The minimum atomic E-state index is 1.06. The van der Waals surface area contributed by atoms with Gasteiger partial charge in [0.25, 0.3) is 0 Å². The molecule has 0 fully saturated rings. The fourth-order valence-corrected chi connectivity index (χ4v) is 0.914. The highest BCUT2D eigenvalue weighted by Crippen LogP contribution is 1.97. The summed E-state index contributed by atoms with van der Waals surface area (Å²) in [6.45, 7) is 1.06. The summed E-state index contributed by atoms with van der Waals surface area (Å²) in [4.78, 5) is 8.11. The van der Waals surface area contributed by atoms with Crippen molar-refractivity contribution in [3.8, 4) is 0 Å². The Bertz CT molecular complexity index is 214. The summed E-state index contributed by atoms with van der Waals surface area (Å²) in [5.41, 5.74) is 1.40. The lowest BCUT2D eigenvalue weighted by molar-refractivity contribution is 0.312. The SMILES string of the molecule is CNCCc1ccccc1.O=NO. The van der Waals surface area contributed by atoms with E-state index >= 15 is 0 Å². The highest BCUT2D eigenvalue weighted by Gasteiger charge is 1.86. The summed E-state index contributed by atoms with van der Waals surface area (Å²) in [7, 11) is 1.98. The van der Waals surface area contributed by atoms with E-state index in [-0.39, 0.29) is 0 Å². The van der Waals surface area contributed by atoms with Gasteiger partial charge in [0, 0.05) is 0 Å². The van der Waals surface area contributed by atoms with Gasteiger partial charge in [0.2, 0.25) is 0 Å². The lowest BCUT2D eigenvalue weighted by Crippen LogP contribution is -2.09. The van der Waals surface area contributed by atoms with Gasteiger partial charge in [0.1, 0.15) is 0 Å². The van der Waals surface area contributed by atoms with Gasteiger partial charge in [0.15, 0.2) is 5.34 Å². The first-order chi connectivity index (χ1) is 6.35. The Kier molecular flexibility index (Phi) is 7.73. The first kappa shape index (κ1) is 11.6. The molecular formula is C9H14N2O2. The summed E-state index contributed by atoms with van der Waals surface area (Å²) >= 11 is 0. The van der Waals surface area contributed by atoms with E-state index in [1.165, 1.54) is 10.9 Å². The average molecular weight is 182 g/mol. The minimum absolute atomic E-state index is 1.06. The van der Waals surface area contributed by atoms with Crippen molar-refractivity contribution in [3.05, 3.63) is 40.8 Å². The maximum absolute atomic E-state index is 8.11. The van der Waals surface area contributed by atoms with E-state index in [0.717, 1.165) is 13.0 Å². The zero-order valence-corrected chi connectivity index (χ0v) is 7.60. The van der Waals surface area contributed by atoms with Crippen LogP contribution in [-0.4, -0.2) is 18.8 Å². The third kappa shape index (κ3) is 6.96. The summed E-state index contributed by atoms with van der Waals surface area (Å²) in [6, 6.07) is 10.5. The number of benzene rings is 1. The van der Waals surface area contributed by atoms with Crippen molar-refractivity contribution in [1.29, 1.82) is 0 Å². The quantitative estimate of drug-likeness (QED) is 0.551. The van der Waals surface area contributed by atoms with Crippen LogP contribution in [0.5, 0.6) is 0 Å². The Morgan fingerprint density at radius 3 is 2.38 bits per heavy atom. The van der Waals surface area contributed by atoms with Gasteiger partial charge in [-0.1, -0.05) is 30.3 Å². The molecule has 0 aromatic heterocycles. The maximum atomic E-state index is 8.11. The van der Waals surface area contributed by atoms with Crippen LogP contribution in [0.4, 0.5) is 0 Å². The summed E-state index contributed by atoms with van der Waals surface area (Å²) in [5, 5.41) is 11.0. The largest absolute Gasteiger partial charge is 0.379 e. The molecule has 0 saturated carbocycles. The molecule has 1 aromatic rings. The van der Waals surface area contributed by atoms with Crippen LogP contribution in [0.25, 0.3) is 0 Å². The van der Waals surface area contributed by atoms with Crippen molar-refractivity contribution in [2.45, 2.75) is 6.42 Å². The predicted molar refractivity (Wildman–Crippen MR) is 51.7 cm³/mol. The van der Waals surface area contributed by atoms with Crippen molar-refractivity contribution in [1.82, 2.24) is 5.32 Å². The standard InChI is InChI=1S/C9H13N.HNO2/c1-10-8-7-9-5-3-2-4-6-9;2-1-3/h2-6,10H,7-8H2,1H3;(H,2,3). The number of nitrogens with one attached hydrogen (secondary N) is 1. The molecule has 0 aliphatic heterocycles. The molecular weight excluding hydrogens is 168 g/mol. The van der Waals surface area contributed by atoms with Crippen molar-refractivity contribution in [3.63, 3.8) is 0 Å². The van der Waals surface area contributed by atoms with Crippen LogP contribution < -0.4 is 5.32 Å². The third-order valence-electron chi connectivity index (χ3n) is 1.51. The molecule has 0 spiro atoms. The fraction of sp³-hybridized carbons (Fsp3) is 0.333. The number of hydrogen-bond acceptors (Lipinski definition) is 3. The van der Waals surface area contributed by atoms with Crippen LogP contribution >= 0.6 is 0 Å². The zero-order chi connectivity index (χ0) is 9.94. The molecule has 0 radical (unpaired) electrons. The highest BCUT2D eigenvalue weighted by atomic mass is 16.6. The Morgan fingerprint density at radius 1 is 1.38 bits per heavy atom. The Morgan fingerprint density at radius 2 is 1.92 bits per heavy atom. The molecule has 0 aliphatic rings. The smallest absolute Gasteiger partial charge is 0.152 e. The normalized spacial score (nSPS) is 8.38. The van der Waals surface area contributed by atoms with E-state index in [0.29, 0.717) is 0 Å². The van der Waals surface area contributed by atoms with Crippen molar-refractivity contribution >= 4 is 0 Å². The lowest BCUT2D eigenvalue weighted by atomic mass is 10.2. The van der Waals surface area contributed by atoms with Crippen LogP contribution in [0.2, 0.25) is 0 Å². The second-order valence-electron chi connectivity index (χ2n) is 2.42. The molecule has 72 valence electrons. The maximum Gasteiger partial charge on any atom is 0.152 e. The topological polar surface area (TPSA) is 61.7 Å². The third-order valence-corrected chi connectivity index (χ3v) is 1.51. The molecule has 0 saturated heterocycles. The van der Waals surface area contributed by atoms with Crippen molar-refractivity contribution in [2.24, 2.45) is 5.34 Å². The van der Waals surface area contributed by atoms with Gasteiger partial charge in [-0.25, -0.2) is 0 Å². The molecule has 0 bridgehead atoms. The van der Waals surface area contributed by atoms with Gasteiger partial charge in [-0.15, -0.1) is 4.91 Å². The Hall–Kier alpha value is -1.42. The molecule has 1 aromatic carbocycles. The van der Waals surface area contributed by atoms with E-state index in [4.69, 9.17) is 10.1 Å². The van der Waals surface area contributed by atoms with Gasteiger partial charge in [-0.2, -0.15) is 0 Å². The summed E-state index contributed by atoms with van der Waals surface area (Å²) in [5.74, 6) is 0. The van der Waals surface area contributed by atoms with Gasteiger partial charge < -0.3 is 10.5 Å². The second-order valence-corrected chi connectivity index (χ2v) is 2.42. The molecule has 4 heteroatoms. The first-order valence-electron chi connectivity index (χ1n) is 4.00. The fourth-order valence-electron chi connectivity index (χ4n) is 0.914. The first-order valence-corrected chi connectivity index (χ1v) is 4.00. The molecule has 2 N–H and O–H groups in total. The molecule has 0 amide bonds. The molecule has 0 atom stereocenters. The van der Waals surface area contributed by atoms with Crippen molar-refractivity contribution < 1.29 is 5.21 Å². The van der Waals surface area contributed by atoms with Gasteiger partial charge in [-0.05, 0) is 25.6 Å². The Labute approximate surface area is 77.5 Å². The van der Waals surface area contributed by atoms with Gasteiger partial charge in [-0.3, -0.25) is 0 Å². The van der Waals surface area contributed by atoms with E-state index < -0.39 is 0 Å². The molecule has 0 heterocycles. The molecule has 1 rings (SSSR count). The van der Waals surface area contributed by atoms with Crippen LogP contribution in [0.1, 0.15) is 5.56 Å². The van der Waals surface area contributed by atoms with Gasteiger partial charge >= 0.3 is 0 Å². The predicted octanol–water partition coefficient (Wildman–Crippen LogP) is 1.59. The zero-order valence-electron chi connectivity index (χ0n) is 7.60. The number of rotatable bonds is 3. The lowest BCUT2D eigenvalue weighted by Gasteiger charge is -1.97. The molecule has 4 nitrogen and oxygen atoms in total. The van der Waals surface area contributed by atoms with E-state index in [2.05, 4.69) is 29.6 Å². The summed E-state index contributed by atoms with van der Waals surface area (Å²) in [6.07, 6.45) is 1.12. The van der Waals surface area contributed by atoms with Crippen LogP contribution in [0.3, 0.4) is 0 Å². The monoisotopic (exact) mass is 182 g/mol. The van der Waals surface area contributed by atoms with Crippen molar-refractivity contribution in [2.75, 3.05) is 13.6 Å². The molecule has 13 heavy (non-hydrogen) atoms. The van der Waals surface area contributed by atoms with Crippen LogP contribution in [0.15, 0.2) is 35.7 Å². The van der Waals surface area contributed by atoms with Gasteiger partial charge in [0.05, 0.1) is 0 Å². The number of hydrogen-bond donors (Lipinski definition) is 2. The highest BCUT2D eigenvalue weighted by molar-refractivity contribution is 5.14. The second kappa shape index (κ2) is 8.67. The summed E-state index contributed by atoms with van der Waals surface area (Å²) < 4.78 is 0. The molecule has 0 unspecified atom stereocenters. The average Bonchev–Trinajstić information content (AvgIpc) is 2.18. The van der Waals surface area contributed by atoms with E-state index in [1.807, 2.05) is 13.1 Å². The number of likely N-dealkylation sites (N-methyl/N-ethyl adjacent to an activating group) is 1. The number of nitrogens with zero attached hydrogens (tertiary/aromatic N) is 1. The van der Waals surface area contributed by atoms with E-state index in [1.54, 1.807) is 0 Å². The van der Waals surface area contributed by atoms with Crippen LogP contribution in [0, 0.1) is 4.91 Å². The minimum Gasteiger partial charge on any atom is -0.379 e.